The van der Waals surface area contributed by atoms with Gasteiger partial charge in [0.2, 0.25) is 0 Å². The van der Waals surface area contributed by atoms with Gasteiger partial charge in [0, 0.05) is 25.5 Å². The minimum atomic E-state index is 0.270. The lowest BCUT2D eigenvalue weighted by Crippen LogP contribution is -2.22. The predicted octanol–water partition coefficient (Wildman–Crippen LogP) is 6.39. The molecular formula is C16H16Br3N. The molecule has 0 aliphatic rings. The normalized spacial score (nSPS) is 14.1. The molecule has 0 amide bonds. The second-order valence-corrected chi connectivity index (χ2v) is 7.52. The first kappa shape index (κ1) is 16.2. The highest BCUT2D eigenvalue weighted by molar-refractivity contribution is 9.11. The van der Waals surface area contributed by atoms with Crippen LogP contribution in [0.2, 0.25) is 0 Å². The van der Waals surface area contributed by atoms with Gasteiger partial charge in [-0.05, 0) is 49.2 Å². The molecule has 0 aliphatic carbocycles. The van der Waals surface area contributed by atoms with E-state index in [2.05, 4.69) is 103 Å². The van der Waals surface area contributed by atoms with E-state index in [4.69, 9.17) is 0 Å². The molecule has 0 saturated carbocycles. The van der Waals surface area contributed by atoms with Gasteiger partial charge in [0.1, 0.15) is 0 Å². The first-order valence-corrected chi connectivity index (χ1v) is 8.81. The maximum atomic E-state index is 3.63. The van der Waals surface area contributed by atoms with Crippen LogP contribution in [0.5, 0.6) is 0 Å². The smallest absolute Gasteiger partial charge is 0.0308 e. The second-order valence-electron chi connectivity index (χ2n) is 4.83. The van der Waals surface area contributed by atoms with Crippen LogP contribution >= 0.6 is 47.8 Å². The highest BCUT2D eigenvalue weighted by Crippen LogP contribution is 2.28. The molecule has 2 aromatic rings. The Morgan fingerprint density at radius 1 is 0.850 bits per heavy atom. The van der Waals surface area contributed by atoms with E-state index in [1.807, 2.05) is 6.07 Å². The quantitative estimate of drug-likeness (QED) is 0.556. The van der Waals surface area contributed by atoms with Gasteiger partial charge < -0.3 is 5.32 Å². The van der Waals surface area contributed by atoms with Crippen LogP contribution in [0.4, 0.5) is 0 Å². The molecule has 2 atom stereocenters. The van der Waals surface area contributed by atoms with Crippen molar-refractivity contribution in [2.45, 2.75) is 25.9 Å². The van der Waals surface area contributed by atoms with Gasteiger partial charge in [0.05, 0.1) is 0 Å². The molecule has 106 valence electrons. The lowest BCUT2D eigenvalue weighted by atomic mass is 10.0. The van der Waals surface area contributed by atoms with E-state index in [-0.39, 0.29) is 12.1 Å². The predicted molar refractivity (Wildman–Crippen MR) is 95.9 cm³/mol. The SMILES string of the molecule is CC(N[C@H](C)c1cccc(Br)c1)c1ccc(Br)cc1Br. The van der Waals surface area contributed by atoms with Gasteiger partial charge in [0.25, 0.3) is 0 Å². The Morgan fingerprint density at radius 2 is 1.55 bits per heavy atom. The largest absolute Gasteiger partial charge is 0.304 e. The number of hydrogen-bond donors (Lipinski definition) is 1. The topological polar surface area (TPSA) is 12.0 Å². The number of nitrogens with one attached hydrogen (secondary N) is 1. The molecule has 2 aromatic carbocycles. The molecule has 4 heteroatoms. The van der Waals surface area contributed by atoms with E-state index in [9.17, 15) is 0 Å². The standard InChI is InChI=1S/C16H16Br3N/c1-10(12-4-3-5-13(17)8-12)20-11(2)15-7-6-14(18)9-16(15)19/h3-11,20H,1-2H3/t10-,11?/m1/s1. The van der Waals surface area contributed by atoms with Gasteiger partial charge in [-0.2, -0.15) is 0 Å². The highest BCUT2D eigenvalue weighted by Gasteiger charge is 2.13. The summed E-state index contributed by atoms with van der Waals surface area (Å²) in [5, 5.41) is 3.63. The summed E-state index contributed by atoms with van der Waals surface area (Å²) in [5.41, 5.74) is 2.54. The minimum Gasteiger partial charge on any atom is -0.304 e. The van der Waals surface area contributed by atoms with Crippen LogP contribution in [-0.2, 0) is 0 Å². The van der Waals surface area contributed by atoms with Gasteiger partial charge >= 0.3 is 0 Å². The van der Waals surface area contributed by atoms with Crippen LogP contribution in [0.1, 0.15) is 37.1 Å². The van der Waals surface area contributed by atoms with Crippen molar-refractivity contribution in [2.75, 3.05) is 0 Å². The van der Waals surface area contributed by atoms with Crippen LogP contribution in [0, 0.1) is 0 Å². The second kappa shape index (κ2) is 7.21. The first-order chi connectivity index (χ1) is 9.47. The summed E-state index contributed by atoms with van der Waals surface area (Å²) in [5.74, 6) is 0. The molecule has 0 saturated heterocycles. The van der Waals surface area contributed by atoms with Crippen molar-refractivity contribution in [3.63, 3.8) is 0 Å². The maximum absolute atomic E-state index is 3.63. The van der Waals surface area contributed by atoms with Crippen molar-refractivity contribution in [1.82, 2.24) is 5.32 Å². The fourth-order valence-electron chi connectivity index (χ4n) is 2.19. The zero-order chi connectivity index (χ0) is 14.7. The van der Waals surface area contributed by atoms with Crippen molar-refractivity contribution < 1.29 is 0 Å². The summed E-state index contributed by atoms with van der Waals surface area (Å²) in [4.78, 5) is 0. The molecular weight excluding hydrogens is 446 g/mol. The van der Waals surface area contributed by atoms with Crippen molar-refractivity contribution in [3.8, 4) is 0 Å². The number of halogens is 3. The van der Waals surface area contributed by atoms with Gasteiger partial charge in [-0.1, -0.05) is 66.0 Å². The highest BCUT2D eigenvalue weighted by atomic mass is 79.9. The van der Waals surface area contributed by atoms with Crippen LogP contribution in [0.25, 0.3) is 0 Å². The molecule has 0 spiro atoms. The van der Waals surface area contributed by atoms with Gasteiger partial charge in [-0.15, -0.1) is 0 Å². The first-order valence-electron chi connectivity index (χ1n) is 6.44. The lowest BCUT2D eigenvalue weighted by molar-refractivity contribution is 0.493. The Kier molecular flexibility index (Phi) is 5.84. The van der Waals surface area contributed by atoms with E-state index in [1.165, 1.54) is 11.1 Å². The Morgan fingerprint density at radius 3 is 2.20 bits per heavy atom. The number of hydrogen-bond acceptors (Lipinski definition) is 1. The van der Waals surface area contributed by atoms with Crippen LogP contribution < -0.4 is 5.32 Å². The summed E-state index contributed by atoms with van der Waals surface area (Å²) >= 11 is 10.6. The summed E-state index contributed by atoms with van der Waals surface area (Å²) in [6.07, 6.45) is 0. The van der Waals surface area contributed by atoms with Gasteiger partial charge in [-0.25, -0.2) is 0 Å². The summed E-state index contributed by atoms with van der Waals surface area (Å²) in [7, 11) is 0. The average molecular weight is 462 g/mol. The molecule has 0 aromatic heterocycles. The van der Waals surface area contributed by atoms with Crippen LogP contribution in [0.15, 0.2) is 55.9 Å². The third-order valence-corrected chi connectivity index (χ3v) is 4.95. The molecule has 0 heterocycles. The van der Waals surface area contributed by atoms with Gasteiger partial charge in [-0.3, -0.25) is 0 Å². The zero-order valence-electron chi connectivity index (χ0n) is 11.3. The fourth-order valence-corrected chi connectivity index (χ4v) is 4.00. The van der Waals surface area contributed by atoms with E-state index in [0.717, 1.165) is 13.4 Å². The molecule has 1 unspecified atom stereocenters. The third kappa shape index (κ3) is 4.17. The number of rotatable bonds is 4. The molecule has 0 radical (unpaired) electrons. The summed E-state index contributed by atoms with van der Waals surface area (Å²) in [6, 6.07) is 15.3. The molecule has 1 nitrogen and oxygen atoms in total. The molecule has 0 aliphatic heterocycles. The van der Waals surface area contributed by atoms with E-state index < -0.39 is 0 Å². The van der Waals surface area contributed by atoms with E-state index in [1.54, 1.807) is 0 Å². The van der Waals surface area contributed by atoms with Crippen LogP contribution in [-0.4, -0.2) is 0 Å². The molecule has 2 rings (SSSR count). The fraction of sp³-hybridized carbons (Fsp3) is 0.250. The zero-order valence-corrected chi connectivity index (χ0v) is 16.1. The van der Waals surface area contributed by atoms with Gasteiger partial charge in [0.15, 0.2) is 0 Å². The Balaban J connectivity index is 2.12. The van der Waals surface area contributed by atoms with Crippen LogP contribution in [0.3, 0.4) is 0 Å². The summed E-state index contributed by atoms with van der Waals surface area (Å²) in [6.45, 7) is 4.37. The monoisotopic (exact) mass is 459 g/mol. The summed E-state index contributed by atoms with van der Waals surface area (Å²) < 4.78 is 3.31. The molecule has 0 fully saturated rings. The van der Waals surface area contributed by atoms with Crippen molar-refractivity contribution in [1.29, 1.82) is 0 Å². The molecule has 0 bridgehead atoms. The molecule has 1 N–H and O–H groups in total. The van der Waals surface area contributed by atoms with E-state index >= 15 is 0 Å². The Hall–Kier alpha value is -0.160. The van der Waals surface area contributed by atoms with E-state index in [0.29, 0.717) is 0 Å². The Bertz CT molecular complexity index is 598. The third-order valence-electron chi connectivity index (χ3n) is 3.28. The minimum absolute atomic E-state index is 0.270. The molecule has 20 heavy (non-hydrogen) atoms. The average Bonchev–Trinajstić information content (AvgIpc) is 2.38. The number of benzene rings is 2. The Labute approximate surface area is 145 Å². The lowest BCUT2D eigenvalue weighted by Gasteiger charge is -2.22. The van der Waals surface area contributed by atoms with Crippen molar-refractivity contribution in [2.24, 2.45) is 0 Å². The maximum Gasteiger partial charge on any atom is 0.0308 e. The van der Waals surface area contributed by atoms with Crippen molar-refractivity contribution >= 4 is 47.8 Å². The van der Waals surface area contributed by atoms with Crippen molar-refractivity contribution in [3.05, 3.63) is 67.0 Å².